The molecule has 0 aliphatic rings. The summed E-state index contributed by atoms with van der Waals surface area (Å²) in [5.74, 6) is 0.399. The molecule has 0 aromatic carbocycles. The Labute approximate surface area is 73.8 Å². The molecule has 3 nitrogen and oxygen atoms in total. The Morgan fingerprint density at radius 3 is 2.92 bits per heavy atom. The van der Waals surface area contributed by atoms with Gasteiger partial charge in [-0.2, -0.15) is 11.3 Å². The second kappa shape index (κ2) is 2.64. The van der Waals surface area contributed by atoms with E-state index >= 15 is 0 Å². The van der Waals surface area contributed by atoms with E-state index in [0.29, 0.717) is 5.88 Å². The number of anilines is 1. The Bertz CT molecular complexity index is 378. The number of rotatable bonds is 1. The minimum absolute atomic E-state index is 0.399. The van der Waals surface area contributed by atoms with Crippen molar-refractivity contribution in [3.63, 3.8) is 0 Å². The fourth-order valence-corrected chi connectivity index (χ4v) is 1.66. The Balaban J connectivity index is 2.55. The van der Waals surface area contributed by atoms with Crippen molar-refractivity contribution in [2.75, 3.05) is 5.73 Å². The molecule has 0 unspecified atom stereocenters. The van der Waals surface area contributed by atoms with Crippen LogP contribution in [0.3, 0.4) is 0 Å². The van der Waals surface area contributed by atoms with Crippen molar-refractivity contribution in [1.29, 1.82) is 0 Å². The van der Waals surface area contributed by atoms with Crippen LogP contribution in [0, 0.1) is 6.92 Å². The van der Waals surface area contributed by atoms with Crippen LogP contribution in [0.2, 0.25) is 0 Å². The van der Waals surface area contributed by atoms with E-state index in [-0.39, 0.29) is 0 Å². The Hall–Kier alpha value is -1.29. The SMILES string of the molecule is Cc1c(-c2ccsc2)noc1N. The molecule has 0 radical (unpaired) electrons. The molecule has 0 spiro atoms. The first kappa shape index (κ1) is 7.36. The third kappa shape index (κ3) is 1.00. The van der Waals surface area contributed by atoms with Crippen LogP contribution in [0.15, 0.2) is 21.3 Å². The van der Waals surface area contributed by atoms with Crippen molar-refractivity contribution in [3.8, 4) is 11.3 Å². The van der Waals surface area contributed by atoms with Gasteiger partial charge in [0.25, 0.3) is 0 Å². The molecular formula is C8H8N2OS. The van der Waals surface area contributed by atoms with Crippen LogP contribution in [-0.2, 0) is 0 Å². The second-order valence-corrected chi connectivity index (χ2v) is 3.31. The maximum Gasteiger partial charge on any atom is 0.225 e. The molecular weight excluding hydrogens is 172 g/mol. The summed E-state index contributed by atoms with van der Waals surface area (Å²) in [5, 5.41) is 7.88. The molecule has 2 N–H and O–H groups in total. The quantitative estimate of drug-likeness (QED) is 0.732. The summed E-state index contributed by atoms with van der Waals surface area (Å²) >= 11 is 1.63. The zero-order chi connectivity index (χ0) is 8.55. The first-order valence-corrected chi connectivity index (χ1v) is 4.47. The van der Waals surface area contributed by atoms with E-state index in [1.165, 1.54) is 0 Å². The van der Waals surface area contributed by atoms with Gasteiger partial charge in [-0.25, -0.2) is 0 Å². The highest BCUT2D eigenvalue weighted by molar-refractivity contribution is 7.08. The number of hydrogen-bond acceptors (Lipinski definition) is 4. The summed E-state index contributed by atoms with van der Waals surface area (Å²) in [6, 6.07) is 2.00. The molecule has 0 aliphatic carbocycles. The van der Waals surface area contributed by atoms with Crippen molar-refractivity contribution >= 4 is 17.2 Å². The van der Waals surface area contributed by atoms with Gasteiger partial charge in [0.2, 0.25) is 5.88 Å². The maximum atomic E-state index is 5.52. The normalized spacial score (nSPS) is 10.4. The predicted molar refractivity (Wildman–Crippen MR) is 49.0 cm³/mol. The summed E-state index contributed by atoms with van der Waals surface area (Å²) < 4.78 is 4.85. The van der Waals surface area contributed by atoms with Gasteiger partial charge in [-0.3, -0.25) is 0 Å². The van der Waals surface area contributed by atoms with Crippen molar-refractivity contribution in [2.24, 2.45) is 0 Å². The van der Waals surface area contributed by atoms with Crippen molar-refractivity contribution in [2.45, 2.75) is 6.92 Å². The number of thiophene rings is 1. The molecule has 2 aromatic heterocycles. The zero-order valence-corrected chi connectivity index (χ0v) is 7.39. The molecule has 2 rings (SSSR count). The Morgan fingerprint density at radius 2 is 2.42 bits per heavy atom. The number of hydrogen-bond donors (Lipinski definition) is 1. The summed E-state index contributed by atoms with van der Waals surface area (Å²) in [7, 11) is 0. The number of nitrogen functional groups attached to an aromatic ring is 1. The fourth-order valence-electron chi connectivity index (χ4n) is 1.02. The summed E-state index contributed by atoms with van der Waals surface area (Å²) in [6.45, 7) is 1.90. The van der Waals surface area contributed by atoms with Crippen LogP contribution in [0.1, 0.15) is 5.56 Å². The van der Waals surface area contributed by atoms with Crippen molar-refractivity contribution < 1.29 is 4.52 Å². The second-order valence-electron chi connectivity index (χ2n) is 2.53. The first-order chi connectivity index (χ1) is 5.79. The highest BCUT2D eigenvalue weighted by atomic mass is 32.1. The van der Waals surface area contributed by atoms with Crippen LogP contribution in [-0.4, -0.2) is 5.16 Å². The molecule has 0 amide bonds. The van der Waals surface area contributed by atoms with E-state index < -0.39 is 0 Å². The van der Waals surface area contributed by atoms with Gasteiger partial charge in [0.15, 0.2) is 0 Å². The van der Waals surface area contributed by atoms with E-state index in [2.05, 4.69) is 5.16 Å². The fraction of sp³-hybridized carbons (Fsp3) is 0.125. The Kier molecular flexibility index (Phi) is 1.62. The predicted octanol–water partition coefficient (Wildman–Crippen LogP) is 2.29. The highest BCUT2D eigenvalue weighted by Crippen LogP contribution is 2.27. The smallest absolute Gasteiger partial charge is 0.225 e. The van der Waals surface area contributed by atoms with Crippen LogP contribution in [0.4, 0.5) is 5.88 Å². The van der Waals surface area contributed by atoms with Gasteiger partial charge in [-0.05, 0) is 18.4 Å². The average Bonchev–Trinajstić information content (AvgIpc) is 2.64. The molecule has 2 aromatic rings. The third-order valence-corrected chi connectivity index (χ3v) is 2.44. The monoisotopic (exact) mass is 180 g/mol. The molecule has 0 saturated carbocycles. The lowest BCUT2D eigenvalue weighted by Crippen LogP contribution is -1.83. The van der Waals surface area contributed by atoms with Gasteiger partial charge in [0.1, 0.15) is 5.69 Å². The highest BCUT2D eigenvalue weighted by Gasteiger charge is 2.10. The number of nitrogens with two attached hydrogens (primary N) is 1. The molecule has 0 atom stereocenters. The van der Waals surface area contributed by atoms with Gasteiger partial charge in [0.05, 0.1) is 0 Å². The maximum absolute atomic E-state index is 5.52. The topological polar surface area (TPSA) is 52.0 Å². The third-order valence-electron chi connectivity index (χ3n) is 1.75. The molecule has 62 valence electrons. The average molecular weight is 180 g/mol. The van der Waals surface area contributed by atoms with Gasteiger partial charge in [-0.15, -0.1) is 0 Å². The van der Waals surface area contributed by atoms with Crippen LogP contribution >= 0.6 is 11.3 Å². The standard InChI is InChI=1S/C8H8N2OS/c1-5-7(10-11-8(5)9)6-2-3-12-4-6/h2-4H,9H2,1H3. The van der Waals surface area contributed by atoms with Crippen LogP contribution < -0.4 is 5.73 Å². The van der Waals surface area contributed by atoms with Crippen molar-refractivity contribution in [1.82, 2.24) is 5.16 Å². The van der Waals surface area contributed by atoms with E-state index in [1.54, 1.807) is 11.3 Å². The summed E-state index contributed by atoms with van der Waals surface area (Å²) in [6.07, 6.45) is 0. The van der Waals surface area contributed by atoms with Gasteiger partial charge >= 0.3 is 0 Å². The Morgan fingerprint density at radius 1 is 1.58 bits per heavy atom. The lowest BCUT2D eigenvalue weighted by atomic mass is 10.2. The summed E-state index contributed by atoms with van der Waals surface area (Å²) in [4.78, 5) is 0. The molecule has 0 aliphatic heterocycles. The minimum atomic E-state index is 0.399. The van der Waals surface area contributed by atoms with E-state index in [4.69, 9.17) is 10.3 Å². The first-order valence-electron chi connectivity index (χ1n) is 3.53. The van der Waals surface area contributed by atoms with E-state index in [0.717, 1.165) is 16.8 Å². The van der Waals surface area contributed by atoms with Crippen molar-refractivity contribution in [3.05, 3.63) is 22.4 Å². The molecule has 0 saturated heterocycles. The molecule has 12 heavy (non-hydrogen) atoms. The van der Waals surface area contributed by atoms with Crippen LogP contribution in [0.25, 0.3) is 11.3 Å². The zero-order valence-electron chi connectivity index (χ0n) is 6.57. The lowest BCUT2D eigenvalue weighted by molar-refractivity contribution is 0.439. The van der Waals surface area contributed by atoms with Gasteiger partial charge in [-0.1, -0.05) is 5.16 Å². The molecule has 0 bridgehead atoms. The largest absolute Gasteiger partial charge is 0.367 e. The molecule has 2 heterocycles. The summed E-state index contributed by atoms with van der Waals surface area (Å²) in [5.41, 5.74) is 8.34. The molecule has 4 heteroatoms. The van der Waals surface area contributed by atoms with Crippen LogP contribution in [0.5, 0.6) is 0 Å². The van der Waals surface area contributed by atoms with Gasteiger partial charge < -0.3 is 10.3 Å². The number of aromatic nitrogens is 1. The van der Waals surface area contributed by atoms with E-state index in [1.807, 2.05) is 23.8 Å². The lowest BCUT2D eigenvalue weighted by Gasteiger charge is -1.89. The number of nitrogens with zero attached hydrogens (tertiary/aromatic N) is 1. The van der Waals surface area contributed by atoms with Gasteiger partial charge in [0, 0.05) is 16.5 Å². The molecule has 0 fully saturated rings. The minimum Gasteiger partial charge on any atom is -0.367 e. The van der Waals surface area contributed by atoms with E-state index in [9.17, 15) is 0 Å².